The van der Waals surface area contributed by atoms with Gasteiger partial charge in [-0.05, 0) is 35.8 Å². The first kappa shape index (κ1) is 12.5. The zero-order valence-electron chi connectivity index (χ0n) is 9.31. The summed E-state index contributed by atoms with van der Waals surface area (Å²) in [5.41, 5.74) is -0.407. The van der Waals surface area contributed by atoms with E-state index in [1.54, 1.807) is 11.4 Å². The lowest BCUT2D eigenvalue weighted by molar-refractivity contribution is 0.615. The minimum Gasteiger partial charge on any atom is -0.323 e. The molecule has 0 aliphatic carbocycles. The number of H-pyrrole nitrogens is 1. The molecule has 1 aromatic carbocycles. The molecular weight excluding hydrogens is 307 g/mol. The highest BCUT2D eigenvalue weighted by Gasteiger charge is 2.14. The molecule has 96 valence electrons. The Morgan fingerprint density at radius 3 is 2.89 bits per heavy atom. The van der Waals surface area contributed by atoms with Gasteiger partial charge in [0.2, 0.25) is 0 Å². The minimum absolute atomic E-state index is 0.0245. The molecule has 0 atom stereocenters. The number of aromatic amines is 1. The van der Waals surface area contributed by atoms with E-state index >= 15 is 0 Å². The number of benzene rings is 1. The zero-order chi connectivity index (χ0) is 13.6. The summed E-state index contributed by atoms with van der Waals surface area (Å²) >= 11 is 12.5. The highest BCUT2D eigenvalue weighted by Crippen LogP contribution is 2.23. The van der Waals surface area contributed by atoms with E-state index in [1.165, 1.54) is 29.5 Å². The number of halogens is 2. The quantitative estimate of drug-likeness (QED) is 0.692. The van der Waals surface area contributed by atoms with E-state index in [9.17, 15) is 9.18 Å². The fourth-order valence-electron chi connectivity index (χ4n) is 1.85. The number of hydrogen-bond acceptors (Lipinski definition) is 3. The van der Waals surface area contributed by atoms with Crippen LogP contribution in [0.4, 0.5) is 4.39 Å². The molecule has 2 aromatic heterocycles. The van der Waals surface area contributed by atoms with Crippen molar-refractivity contribution in [3.8, 4) is 5.69 Å². The highest BCUT2D eigenvalue weighted by molar-refractivity contribution is 7.71. The van der Waals surface area contributed by atoms with Gasteiger partial charge in [-0.25, -0.2) is 8.96 Å². The van der Waals surface area contributed by atoms with Gasteiger partial charge in [-0.1, -0.05) is 17.7 Å². The van der Waals surface area contributed by atoms with E-state index in [1.807, 2.05) is 0 Å². The number of fused-ring (bicyclic) bond motifs is 1. The predicted molar refractivity (Wildman–Crippen MR) is 77.6 cm³/mol. The number of thiophene rings is 1. The Morgan fingerprint density at radius 2 is 2.16 bits per heavy atom. The van der Waals surface area contributed by atoms with Crippen molar-refractivity contribution in [2.45, 2.75) is 0 Å². The number of hydrogen-bond donors (Lipinski definition) is 1. The van der Waals surface area contributed by atoms with Crippen molar-refractivity contribution < 1.29 is 4.39 Å². The van der Waals surface area contributed by atoms with Gasteiger partial charge in [0.25, 0.3) is 5.56 Å². The first-order chi connectivity index (χ1) is 9.09. The maximum Gasteiger partial charge on any atom is 0.267 e. The van der Waals surface area contributed by atoms with Crippen molar-refractivity contribution >= 4 is 45.4 Å². The van der Waals surface area contributed by atoms with Crippen molar-refractivity contribution in [1.29, 1.82) is 0 Å². The number of nitrogens with zero attached hydrogens (tertiary/aromatic N) is 1. The average Bonchev–Trinajstić information content (AvgIpc) is 2.81. The van der Waals surface area contributed by atoms with E-state index in [4.69, 9.17) is 23.8 Å². The second kappa shape index (κ2) is 4.56. The Kier molecular flexibility index (Phi) is 3.00. The van der Waals surface area contributed by atoms with Crippen molar-refractivity contribution in [2.75, 3.05) is 0 Å². The average molecular weight is 313 g/mol. The fraction of sp³-hybridized carbons (Fsp3) is 0. The van der Waals surface area contributed by atoms with Crippen LogP contribution in [0.3, 0.4) is 0 Å². The molecule has 0 aliphatic rings. The Balaban J connectivity index is 2.50. The molecule has 3 nitrogen and oxygen atoms in total. The summed E-state index contributed by atoms with van der Waals surface area (Å²) in [5, 5.41) is 2.36. The van der Waals surface area contributed by atoms with Gasteiger partial charge in [0, 0.05) is 0 Å². The fourth-order valence-corrected chi connectivity index (χ4v) is 3.21. The van der Waals surface area contributed by atoms with Crippen LogP contribution in [0.1, 0.15) is 0 Å². The standard InChI is InChI=1S/C12H6ClFN2OS2/c13-7-2-1-3-8(14)9(7)16-11(17)6-4-5-19-10(6)15-12(16)18/h1-5H,(H,15,18). The van der Waals surface area contributed by atoms with Gasteiger partial charge < -0.3 is 4.98 Å². The molecule has 0 amide bonds. The van der Waals surface area contributed by atoms with E-state index in [2.05, 4.69) is 4.98 Å². The number of rotatable bonds is 1. The van der Waals surface area contributed by atoms with Crippen LogP contribution in [0, 0.1) is 10.6 Å². The first-order valence-electron chi connectivity index (χ1n) is 5.26. The minimum atomic E-state index is -0.594. The third-order valence-electron chi connectivity index (χ3n) is 2.68. The topological polar surface area (TPSA) is 37.8 Å². The molecule has 0 saturated heterocycles. The second-order valence-corrected chi connectivity index (χ2v) is 5.51. The van der Waals surface area contributed by atoms with Crippen molar-refractivity contribution in [1.82, 2.24) is 9.55 Å². The Hall–Kier alpha value is -1.50. The summed E-state index contributed by atoms with van der Waals surface area (Å²) in [6.07, 6.45) is 0. The molecule has 0 aliphatic heterocycles. The molecule has 19 heavy (non-hydrogen) atoms. The predicted octanol–water partition coefficient (Wildman–Crippen LogP) is 3.90. The molecule has 2 heterocycles. The molecule has 3 aromatic rings. The van der Waals surface area contributed by atoms with Gasteiger partial charge >= 0.3 is 0 Å². The van der Waals surface area contributed by atoms with Crippen LogP contribution in [0.15, 0.2) is 34.4 Å². The first-order valence-corrected chi connectivity index (χ1v) is 6.93. The lowest BCUT2D eigenvalue weighted by atomic mass is 10.3. The maximum absolute atomic E-state index is 13.9. The van der Waals surface area contributed by atoms with Crippen molar-refractivity contribution in [2.24, 2.45) is 0 Å². The van der Waals surface area contributed by atoms with Gasteiger partial charge in [-0.3, -0.25) is 4.79 Å². The summed E-state index contributed by atoms with van der Waals surface area (Å²) in [4.78, 5) is 15.9. The maximum atomic E-state index is 13.9. The molecule has 7 heteroatoms. The molecule has 0 spiro atoms. The monoisotopic (exact) mass is 312 g/mol. The van der Waals surface area contributed by atoms with Crippen LogP contribution >= 0.6 is 35.2 Å². The SMILES string of the molecule is O=c1c2ccsc2[nH]c(=S)n1-c1c(F)cccc1Cl. The molecule has 0 bridgehead atoms. The van der Waals surface area contributed by atoms with Gasteiger partial charge in [0.1, 0.15) is 16.3 Å². The lowest BCUT2D eigenvalue weighted by Gasteiger charge is -2.09. The van der Waals surface area contributed by atoms with E-state index in [0.717, 1.165) is 4.57 Å². The Labute approximate surface area is 120 Å². The third-order valence-corrected chi connectivity index (χ3v) is 4.10. The summed E-state index contributed by atoms with van der Waals surface area (Å²) in [7, 11) is 0. The molecule has 0 radical (unpaired) electrons. The third kappa shape index (κ3) is 1.92. The molecular formula is C12H6ClFN2OS2. The van der Waals surface area contributed by atoms with E-state index in [0.29, 0.717) is 10.2 Å². The normalized spacial score (nSPS) is 11.1. The smallest absolute Gasteiger partial charge is 0.267 e. The van der Waals surface area contributed by atoms with Crippen LogP contribution < -0.4 is 5.56 Å². The Bertz CT molecular complexity index is 876. The molecule has 0 unspecified atom stereocenters. The van der Waals surface area contributed by atoms with E-state index in [-0.39, 0.29) is 21.0 Å². The Morgan fingerprint density at radius 1 is 1.37 bits per heavy atom. The molecule has 0 saturated carbocycles. The van der Waals surface area contributed by atoms with Crippen LogP contribution in [-0.4, -0.2) is 9.55 Å². The highest BCUT2D eigenvalue weighted by atomic mass is 35.5. The van der Waals surface area contributed by atoms with E-state index < -0.39 is 5.82 Å². The molecule has 1 N–H and O–H groups in total. The van der Waals surface area contributed by atoms with Gasteiger partial charge in [-0.2, -0.15) is 0 Å². The largest absolute Gasteiger partial charge is 0.323 e. The van der Waals surface area contributed by atoms with Crippen molar-refractivity contribution in [3.63, 3.8) is 0 Å². The summed E-state index contributed by atoms with van der Waals surface area (Å²) in [5.74, 6) is -0.594. The van der Waals surface area contributed by atoms with Crippen molar-refractivity contribution in [3.05, 3.63) is 55.6 Å². The van der Waals surface area contributed by atoms with Crippen LogP contribution in [0.25, 0.3) is 15.9 Å². The lowest BCUT2D eigenvalue weighted by Crippen LogP contribution is -2.21. The summed E-state index contributed by atoms with van der Waals surface area (Å²) in [6, 6.07) is 5.89. The van der Waals surface area contributed by atoms with Crippen LogP contribution in [-0.2, 0) is 0 Å². The summed E-state index contributed by atoms with van der Waals surface area (Å²) in [6.45, 7) is 0. The van der Waals surface area contributed by atoms with Gasteiger partial charge in [0.05, 0.1) is 10.4 Å². The summed E-state index contributed by atoms with van der Waals surface area (Å²) < 4.78 is 15.1. The van der Waals surface area contributed by atoms with Gasteiger partial charge in [-0.15, -0.1) is 11.3 Å². The number of aromatic nitrogens is 2. The molecule has 3 rings (SSSR count). The number of nitrogens with one attached hydrogen (secondary N) is 1. The second-order valence-electron chi connectivity index (χ2n) is 3.80. The van der Waals surface area contributed by atoms with Crippen LogP contribution in [0.2, 0.25) is 5.02 Å². The number of para-hydroxylation sites is 1. The van der Waals surface area contributed by atoms with Gasteiger partial charge in [0.15, 0.2) is 4.77 Å². The molecule has 0 fully saturated rings. The zero-order valence-corrected chi connectivity index (χ0v) is 11.7. The van der Waals surface area contributed by atoms with Crippen LogP contribution in [0.5, 0.6) is 0 Å².